The molecule has 0 unspecified atom stereocenters. The van der Waals surface area contributed by atoms with Gasteiger partial charge in [0, 0.05) is 11.9 Å². The largest absolute Gasteiger partial charge is 0.479 e. The van der Waals surface area contributed by atoms with Crippen LogP contribution in [0.3, 0.4) is 0 Å². The van der Waals surface area contributed by atoms with Gasteiger partial charge in [0.15, 0.2) is 11.8 Å². The summed E-state index contributed by atoms with van der Waals surface area (Å²) >= 11 is 0. The van der Waals surface area contributed by atoms with Crippen LogP contribution in [0.4, 0.5) is 15.8 Å². The van der Waals surface area contributed by atoms with Gasteiger partial charge in [-0.25, -0.2) is 9.07 Å². The van der Waals surface area contributed by atoms with Crippen molar-refractivity contribution in [3.8, 4) is 11.4 Å². The van der Waals surface area contributed by atoms with Gasteiger partial charge in [0.2, 0.25) is 0 Å². The molecule has 0 spiro atoms. The normalized spacial score (nSPS) is 15.4. The Labute approximate surface area is 160 Å². The lowest BCUT2D eigenvalue weighted by Gasteiger charge is -2.23. The van der Waals surface area contributed by atoms with Crippen molar-refractivity contribution in [3.05, 3.63) is 65.7 Å². The molecule has 1 aliphatic heterocycles. The van der Waals surface area contributed by atoms with E-state index in [1.807, 2.05) is 0 Å². The summed E-state index contributed by atoms with van der Waals surface area (Å²) in [4.78, 5) is 24.3. The molecule has 7 nitrogen and oxygen atoms in total. The van der Waals surface area contributed by atoms with Crippen molar-refractivity contribution < 1.29 is 18.7 Å². The number of aryl methyl sites for hydroxylation is 1. The average molecular weight is 380 g/mol. The molecule has 4 rings (SSSR count). The van der Waals surface area contributed by atoms with Crippen LogP contribution in [-0.2, 0) is 4.79 Å². The van der Waals surface area contributed by atoms with Gasteiger partial charge in [-0.05, 0) is 61.9 Å². The number of hydrogen-bond acceptors (Lipinski definition) is 4. The molecule has 8 heteroatoms. The Bertz CT molecular complexity index is 1090. The van der Waals surface area contributed by atoms with E-state index in [1.165, 1.54) is 16.8 Å². The molecule has 0 radical (unpaired) electrons. The van der Waals surface area contributed by atoms with Crippen molar-refractivity contribution in [2.75, 3.05) is 10.6 Å². The van der Waals surface area contributed by atoms with E-state index in [0.717, 1.165) is 0 Å². The van der Waals surface area contributed by atoms with Crippen LogP contribution in [0.5, 0.6) is 5.75 Å². The molecule has 0 fully saturated rings. The molecule has 2 heterocycles. The number of nitrogens with one attached hydrogen (secondary N) is 2. The van der Waals surface area contributed by atoms with Gasteiger partial charge in [-0.2, -0.15) is 5.10 Å². The lowest BCUT2D eigenvalue weighted by molar-refractivity contribution is -0.122. The first kappa shape index (κ1) is 17.7. The van der Waals surface area contributed by atoms with E-state index in [-0.39, 0.29) is 17.4 Å². The third-order valence-corrected chi connectivity index (χ3v) is 4.40. The Morgan fingerprint density at radius 1 is 1.25 bits per heavy atom. The van der Waals surface area contributed by atoms with E-state index in [4.69, 9.17) is 4.74 Å². The molecule has 2 amide bonds. The van der Waals surface area contributed by atoms with Crippen LogP contribution in [0.2, 0.25) is 0 Å². The van der Waals surface area contributed by atoms with Crippen molar-refractivity contribution in [2.24, 2.45) is 0 Å². The van der Waals surface area contributed by atoms with Crippen molar-refractivity contribution in [2.45, 2.75) is 20.0 Å². The molecule has 3 aromatic rings. The van der Waals surface area contributed by atoms with Crippen molar-refractivity contribution >= 4 is 23.2 Å². The van der Waals surface area contributed by atoms with Gasteiger partial charge < -0.3 is 15.4 Å². The number of carbonyl (C=O) groups excluding carboxylic acids is 2. The Kier molecular flexibility index (Phi) is 4.31. The van der Waals surface area contributed by atoms with Crippen LogP contribution in [0.15, 0.2) is 48.7 Å². The third kappa shape index (κ3) is 3.32. The second-order valence-corrected chi connectivity index (χ2v) is 6.49. The Balaban J connectivity index is 1.53. The number of halogens is 1. The predicted octanol–water partition coefficient (Wildman–Crippen LogP) is 3.29. The third-order valence-electron chi connectivity index (χ3n) is 4.40. The van der Waals surface area contributed by atoms with E-state index >= 15 is 0 Å². The Hall–Kier alpha value is -3.68. The highest BCUT2D eigenvalue weighted by atomic mass is 19.1. The summed E-state index contributed by atoms with van der Waals surface area (Å²) in [5, 5.41) is 9.74. The molecular weight excluding hydrogens is 363 g/mol. The van der Waals surface area contributed by atoms with Gasteiger partial charge in [-0.15, -0.1) is 0 Å². The van der Waals surface area contributed by atoms with E-state index in [9.17, 15) is 14.0 Å². The minimum atomic E-state index is -0.563. The number of amides is 2. The number of anilines is 2. The van der Waals surface area contributed by atoms with Crippen molar-refractivity contribution in [1.29, 1.82) is 0 Å². The summed E-state index contributed by atoms with van der Waals surface area (Å²) in [6.07, 6.45) is 1.07. The van der Waals surface area contributed by atoms with Crippen LogP contribution in [-0.4, -0.2) is 27.7 Å². The summed E-state index contributed by atoms with van der Waals surface area (Å²) in [5.74, 6) is -0.440. The van der Waals surface area contributed by atoms with Crippen LogP contribution in [0.1, 0.15) is 23.0 Å². The van der Waals surface area contributed by atoms with Gasteiger partial charge in [0.25, 0.3) is 11.8 Å². The first-order valence-electron chi connectivity index (χ1n) is 8.66. The van der Waals surface area contributed by atoms with Crippen LogP contribution < -0.4 is 15.4 Å². The molecule has 28 heavy (non-hydrogen) atoms. The van der Waals surface area contributed by atoms with Gasteiger partial charge in [0.05, 0.1) is 11.4 Å². The molecule has 0 saturated heterocycles. The molecule has 1 aliphatic rings. The maximum Gasteiger partial charge on any atom is 0.276 e. The zero-order valence-corrected chi connectivity index (χ0v) is 15.2. The first-order chi connectivity index (χ1) is 13.4. The summed E-state index contributed by atoms with van der Waals surface area (Å²) < 4.78 is 20.3. The molecule has 1 atom stereocenters. The molecule has 142 valence electrons. The molecule has 1 aromatic heterocycles. The van der Waals surface area contributed by atoms with Crippen molar-refractivity contribution in [1.82, 2.24) is 9.78 Å². The Morgan fingerprint density at radius 3 is 2.86 bits per heavy atom. The maximum atomic E-state index is 13.3. The second-order valence-electron chi connectivity index (χ2n) is 6.49. The number of nitrogens with zero attached hydrogens (tertiary/aromatic N) is 2. The number of hydrogen-bond donors (Lipinski definition) is 2. The first-order valence-corrected chi connectivity index (χ1v) is 8.66. The smallest absolute Gasteiger partial charge is 0.276 e. The van der Waals surface area contributed by atoms with E-state index < -0.39 is 12.0 Å². The zero-order chi connectivity index (χ0) is 19.8. The fourth-order valence-corrected chi connectivity index (χ4v) is 2.94. The molecular formula is C20H17FN4O3. The fourth-order valence-electron chi connectivity index (χ4n) is 2.94. The van der Waals surface area contributed by atoms with Gasteiger partial charge in [-0.1, -0.05) is 0 Å². The van der Waals surface area contributed by atoms with E-state index in [1.54, 1.807) is 50.4 Å². The SMILES string of the molecule is Cc1cc(F)ccc1-n1ccc(C(=O)Nc2ccc3c(c2)NC(=O)[C@H](C)O3)n1. The number of fused-ring (bicyclic) bond motifs is 1. The van der Waals surface area contributed by atoms with Crippen molar-refractivity contribution in [3.63, 3.8) is 0 Å². The van der Waals surface area contributed by atoms with Gasteiger partial charge in [-0.3, -0.25) is 9.59 Å². The molecule has 0 bridgehead atoms. The number of ether oxygens (including phenoxy) is 1. The predicted molar refractivity (Wildman–Crippen MR) is 101 cm³/mol. The monoisotopic (exact) mass is 380 g/mol. The highest BCUT2D eigenvalue weighted by molar-refractivity contribution is 6.04. The van der Waals surface area contributed by atoms with Gasteiger partial charge >= 0.3 is 0 Å². The quantitative estimate of drug-likeness (QED) is 0.730. The van der Waals surface area contributed by atoms with Crippen LogP contribution in [0.25, 0.3) is 5.69 Å². The van der Waals surface area contributed by atoms with Gasteiger partial charge in [0.1, 0.15) is 11.6 Å². The van der Waals surface area contributed by atoms with E-state index in [0.29, 0.717) is 28.4 Å². The van der Waals surface area contributed by atoms with Crippen LogP contribution in [0, 0.1) is 12.7 Å². The molecule has 2 N–H and O–H groups in total. The highest BCUT2D eigenvalue weighted by Crippen LogP contribution is 2.32. The summed E-state index contributed by atoms with van der Waals surface area (Å²) in [6.45, 7) is 3.43. The lowest BCUT2D eigenvalue weighted by Crippen LogP contribution is -2.34. The number of carbonyl (C=O) groups is 2. The average Bonchev–Trinajstić information content (AvgIpc) is 3.13. The maximum absolute atomic E-state index is 13.3. The minimum Gasteiger partial charge on any atom is -0.479 e. The number of benzene rings is 2. The minimum absolute atomic E-state index is 0.204. The summed E-state index contributed by atoms with van der Waals surface area (Å²) in [5.41, 5.74) is 2.58. The Morgan fingerprint density at radius 2 is 2.07 bits per heavy atom. The van der Waals surface area contributed by atoms with Crippen LogP contribution >= 0.6 is 0 Å². The molecule has 0 aliphatic carbocycles. The second kappa shape index (κ2) is 6.80. The summed E-state index contributed by atoms with van der Waals surface area (Å²) in [7, 11) is 0. The summed E-state index contributed by atoms with van der Waals surface area (Å²) in [6, 6.07) is 10.9. The lowest BCUT2D eigenvalue weighted by atomic mass is 10.2. The van der Waals surface area contributed by atoms with E-state index in [2.05, 4.69) is 15.7 Å². The standard InChI is InChI=1S/C20H17FN4O3/c1-11-9-13(21)3-5-17(11)25-8-7-15(24-25)20(27)22-14-4-6-18-16(10-14)23-19(26)12(2)28-18/h3-10,12H,1-2H3,(H,22,27)(H,23,26)/t12-/m0/s1. The number of aromatic nitrogens is 2. The zero-order valence-electron chi connectivity index (χ0n) is 15.2. The molecule has 2 aromatic carbocycles. The topological polar surface area (TPSA) is 85.2 Å². The number of rotatable bonds is 3. The highest BCUT2D eigenvalue weighted by Gasteiger charge is 2.23. The molecule has 0 saturated carbocycles. The fraction of sp³-hybridized carbons (Fsp3) is 0.150.